The van der Waals surface area contributed by atoms with Crippen LogP contribution >= 0.6 is 0 Å². The number of rotatable bonds is 20. The lowest BCUT2D eigenvalue weighted by molar-refractivity contribution is -0.158. The van der Waals surface area contributed by atoms with Gasteiger partial charge in [-0.05, 0) is 39.5 Å². The highest BCUT2D eigenvalue weighted by atomic mass is 16.2. The topological polar surface area (TPSA) is 20.3 Å². The zero-order chi connectivity index (χ0) is 25.4. The van der Waals surface area contributed by atoms with E-state index in [2.05, 4.69) is 67.2 Å². The van der Waals surface area contributed by atoms with Crippen molar-refractivity contribution in [3.63, 3.8) is 0 Å². The summed E-state index contributed by atoms with van der Waals surface area (Å²) in [5, 5.41) is 0. The summed E-state index contributed by atoms with van der Waals surface area (Å²) in [5.74, 6) is 0.380. The first-order valence-corrected chi connectivity index (χ1v) is 14.9. The van der Waals surface area contributed by atoms with Crippen molar-refractivity contribution in [2.45, 2.75) is 189 Å². The number of hydrogen-bond donors (Lipinski definition) is 0. The minimum Gasteiger partial charge on any atom is -0.331 e. The molecule has 0 radical (unpaired) electrons. The summed E-state index contributed by atoms with van der Waals surface area (Å²) in [6, 6.07) is 0. The Morgan fingerprint density at radius 1 is 0.485 bits per heavy atom. The molecule has 0 aromatic heterocycles. The molecule has 1 unspecified atom stereocenters. The molecule has 0 heterocycles. The van der Waals surface area contributed by atoms with E-state index in [1.54, 1.807) is 0 Å². The molecule has 1 amide bonds. The summed E-state index contributed by atoms with van der Waals surface area (Å²) in [6.07, 6.45) is 22.3. The molecule has 2 nitrogen and oxygen atoms in total. The molecule has 0 spiro atoms. The van der Waals surface area contributed by atoms with Crippen LogP contribution in [0.2, 0.25) is 0 Å². The van der Waals surface area contributed by atoms with Crippen LogP contribution in [-0.4, -0.2) is 21.9 Å². The van der Waals surface area contributed by atoms with Crippen LogP contribution in [0.15, 0.2) is 0 Å². The highest BCUT2D eigenvalue weighted by Gasteiger charge is 2.47. The Morgan fingerprint density at radius 2 is 0.788 bits per heavy atom. The Morgan fingerprint density at radius 3 is 1.06 bits per heavy atom. The van der Waals surface area contributed by atoms with Gasteiger partial charge in [-0.25, -0.2) is 0 Å². The van der Waals surface area contributed by atoms with E-state index in [0.717, 1.165) is 25.7 Å². The minimum atomic E-state index is -0.342. The molecular weight excluding hydrogens is 402 g/mol. The van der Waals surface area contributed by atoms with Gasteiger partial charge in [0.25, 0.3) is 0 Å². The predicted octanol–water partition coefficient (Wildman–Crippen LogP) is 10.5. The summed E-state index contributed by atoms with van der Waals surface area (Å²) < 4.78 is 0. The van der Waals surface area contributed by atoms with Gasteiger partial charge in [-0.3, -0.25) is 4.79 Å². The molecule has 0 saturated carbocycles. The summed E-state index contributed by atoms with van der Waals surface area (Å²) in [7, 11) is 0. The molecule has 0 rings (SSSR count). The maximum absolute atomic E-state index is 14.2. The van der Waals surface area contributed by atoms with Crippen LogP contribution in [0.4, 0.5) is 0 Å². The van der Waals surface area contributed by atoms with E-state index in [9.17, 15) is 4.79 Å². The molecule has 0 N–H and O–H groups in total. The van der Waals surface area contributed by atoms with Crippen LogP contribution in [0, 0.1) is 5.41 Å². The van der Waals surface area contributed by atoms with Crippen molar-refractivity contribution in [3.05, 3.63) is 0 Å². The summed E-state index contributed by atoms with van der Waals surface area (Å²) in [4.78, 5) is 16.7. The second-order valence-corrected chi connectivity index (χ2v) is 12.4. The monoisotopic (exact) mass is 465 g/mol. The molecule has 1 atom stereocenters. The Balaban J connectivity index is 6.17. The van der Waals surface area contributed by atoms with E-state index >= 15 is 0 Å². The maximum Gasteiger partial charge on any atom is 0.228 e. The van der Waals surface area contributed by atoms with Gasteiger partial charge >= 0.3 is 0 Å². The average molecular weight is 466 g/mol. The van der Waals surface area contributed by atoms with Crippen LogP contribution in [0.25, 0.3) is 0 Å². The van der Waals surface area contributed by atoms with Crippen molar-refractivity contribution in [2.75, 3.05) is 0 Å². The smallest absolute Gasteiger partial charge is 0.228 e. The number of carbonyl (C=O) groups excluding carboxylic acids is 1. The van der Waals surface area contributed by atoms with E-state index < -0.39 is 0 Å². The Hall–Kier alpha value is -0.530. The van der Waals surface area contributed by atoms with E-state index in [1.807, 2.05) is 0 Å². The van der Waals surface area contributed by atoms with Gasteiger partial charge in [-0.2, -0.15) is 0 Å². The number of unbranched alkanes of at least 4 members (excludes halogenated alkanes) is 10. The Bertz CT molecular complexity index is 480. The number of hydrogen-bond acceptors (Lipinski definition) is 1. The van der Waals surface area contributed by atoms with Crippen molar-refractivity contribution in [2.24, 2.45) is 5.41 Å². The Labute approximate surface area is 210 Å². The van der Waals surface area contributed by atoms with Gasteiger partial charge in [0.2, 0.25) is 5.91 Å². The van der Waals surface area contributed by atoms with Crippen molar-refractivity contribution in [3.8, 4) is 0 Å². The molecule has 0 fully saturated rings. The molecule has 0 bridgehead atoms. The fourth-order valence-corrected chi connectivity index (χ4v) is 5.53. The third-order valence-electron chi connectivity index (χ3n) is 7.70. The molecule has 0 aliphatic rings. The van der Waals surface area contributed by atoms with Crippen LogP contribution in [-0.2, 0) is 4.79 Å². The molecule has 0 aromatic carbocycles. The molecule has 0 saturated heterocycles. The van der Waals surface area contributed by atoms with Crippen LogP contribution in [0.5, 0.6) is 0 Å². The van der Waals surface area contributed by atoms with Crippen LogP contribution in [0.1, 0.15) is 178 Å². The summed E-state index contributed by atoms with van der Waals surface area (Å²) in [6.45, 7) is 20.4. The second-order valence-electron chi connectivity index (χ2n) is 12.4. The lowest BCUT2D eigenvalue weighted by atomic mass is 9.76. The van der Waals surface area contributed by atoms with Gasteiger partial charge in [0, 0.05) is 16.5 Å². The Kier molecular flexibility index (Phi) is 16.7. The highest BCUT2D eigenvalue weighted by molar-refractivity contribution is 5.83. The fourth-order valence-electron chi connectivity index (χ4n) is 5.53. The highest BCUT2D eigenvalue weighted by Crippen LogP contribution is 2.42. The van der Waals surface area contributed by atoms with Gasteiger partial charge in [0.1, 0.15) is 0 Å². The molecule has 2 heteroatoms. The summed E-state index contributed by atoms with van der Waals surface area (Å²) >= 11 is 0. The normalized spacial score (nSPS) is 14.3. The molecule has 33 heavy (non-hydrogen) atoms. The van der Waals surface area contributed by atoms with Crippen molar-refractivity contribution in [1.29, 1.82) is 0 Å². The number of carbonyl (C=O) groups is 1. The minimum absolute atomic E-state index is 0.0426. The number of nitrogens with zero attached hydrogens (tertiary/aromatic N) is 1. The van der Waals surface area contributed by atoms with E-state index in [4.69, 9.17) is 0 Å². The largest absolute Gasteiger partial charge is 0.331 e. The van der Waals surface area contributed by atoms with Crippen LogP contribution in [0.3, 0.4) is 0 Å². The fraction of sp³-hybridized carbons (Fsp3) is 0.968. The van der Waals surface area contributed by atoms with Gasteiger partial charge in [-0.15, -0.1) is 0 Å². The van der Waals surface area contributed by atoms with E-state index in [0.29, 0.717) is 5.91 Å². The van der Waals surface area contributed by atoms with Gasteiger partial charge < -0.3 is 4.90 Å². The number of amides is 1. The maximum atomic E-state index is 14.2. The molecule has 0 aliphatic heterocycles. The van der Waals surface area contributed by atoms with E-state index in [1.165, 1.54) is 89.9 Å². The lowest BCUT2D eigenvalue weighted by Crippen LogP contribution is -2.63. The first-order chi connectivity index (χ1) is 15.5. The van der Waals surface area contributed by atoms with E-state index in [-0.39, 0.29) is 16.5 Å². The van der Waals surface area contributed by atoms with Crippen molar-refractivity contribution < 1.29 is 4.79 Å². The van der Waals surface area contributed by atoms with Gasteiger partial charge in [0.15, 0.2) is 0 Å². The van der Waals surface area contributed by atoms with Gasteiger partial charge in [0.05, 0.1) is 0 Å². The standard InChI is InChI=1S/C31H63NO/c1-10-14-18-21-25-30(8,24-17-13-4)32(28(33)29(5,6)7)31(9,26-22-19-15-11-2)27-23-20-16-12-3/h10-27H2,1-9H3. The third-order valence-corrected chi connectivity index (χ3v) is 7.70. The molecule has 0 aliphatic carbocycles. The average Bonchev–Trinajstić information content (AvgIpc) is 2.75. The zero-order valence-corrected chi connectivity index (χ0v) is 24.6. The molecule has 0 aromatic rings. The van der Waals surface area contributed by atoms with Crippen molar-refractivity contribution in [1.82, 2.24) is 4.90 Å². The first-order valence-electron chi connectivity index (χ1n) is 14.9. The first kappa shape index (κ1) is 32.5. The predicted molar refractivity (Wildman–Crippen MR) is 149 cm³/mol. The zero-order valence-electron chi connectivity index (χ0n) is 24.6. The summed E-state index contributed by atoms with van der Waals surface area (Å²) in [5.41, 5.74) is -0.428. The van der Waals surface area contributed by atoms with Crippen molar-refractivity contribution >= 4 is 5.91 Å². The quantitative estimate of drug-likeness (QED) is 0.164. The SMILES string of the molecule is CCCCCCC(C)(CCCC)N(C(=O)C(C)(C)C)C(C)(CCCCCC)CCCCCC. The van der Waals surface area contributed by atoms with Crippen LogP contribution < -0.4 is 0 Å². The molecule has 198 valence electrons. The third kappa shape index (κ3) is 12.1. The lowest BCUT2D eigenvalue weighted by Gasteiger charge is -2.55. The second kappa shape index (κ2) is 17.0. The van der Waals surface area contributed by atoms with Gasteiger partial charge in [-0.1, -0.05) is 138 Å². The molecular formula is C31H63NO.